The first-order valence-electron chi connectivity index (χ1n) is 14.4. The van der Waals surface area contributed by atoms with E-state index in [4.69, 9.17) is 9.47 Å². The summed E-state index contributed by atoms with van der Waals surface area (Å²) in [6, 6.07) is 19.3. The van der Waals surface area contributed by atoms with Crippen molar-refractivity contribution in [3.05, 3.63) is 88.2 Å². The van der Waals surface area contributed by atoms with E-state index in [0.29, 0.717) is 35.7 Å². The van der Waals surface area contributed by atoms with Gasteiger partial charge in [0.2, 0.25) is 0 Å². The fourth-order valence-corrected chi connectivity index (χ4v) is 7.73. The number of aromatic nitrogens is 5. The molecule has 0 aliphatic rings. The quantitative estimate of drug-likeness (QED) is 0.119. The van der Waals surface area contributed by atoms with Gasteiger partial charge < -0.3 is 19.7 Å². The predicted molar refractivity (Wildman–Crippen MR) is 190 cm³/mol. The molecule has 0 saturated heterocycles. The maximum Gasteiger partial charge on any atom is 0.360 e. The van der Waals surface area contributed by atoms with Crippen LogP contribution in [0.3, 0.4) is 0 Å². The van der Waals surface area contributed by atoms with Crippen molar-refractivity contribution in [2.45, 2.75) is 13.8 Å². The summed E-state index contributed by atoms with van der Waals surface area (Å²) >= 11 is 7.30. The third kappa shape index (κ3) is 6.62. The second kappa shape index (κ2) is 14.5. The number of thiazole rings is 3. The highest BCUT2D eigenvalue weighted by Crippen LogP contribution is 2.42. The number of pyridine rings is 2. The van der Waals surface area contributed by atoms with Crippen LogP contribution in [0.2, 0.25) is 0 Å². The number of ether oxygens (including phenoxy) is 2. The van der Waals surface area contributed by atoms with Gasteiger partial charge in [-0.15, -0.1) is 34.0 Å². The lowest BCUT2D eigenvalue weighted by molar-refractivity contribution is 0.0506. The molecule has 0 radical (unpaired) electrons. The topological polar surface area (TPSA) is 158 Å². The summed E-state index contributed by atoms with van der Waals surface area (Å²) in [7, 11) is 0. The first-order chi connectivity index (χ1) is 23.3. The fraction of sp³-hybridized carbons (Fsp3) is 0.121. The number of rotatable bonds is 7. The van der Waals surface area contributed by atoms with Crippen LogP contribution in [-0.4, -0.2) is 60.3 Å². The average molecular weight is 763 g/mol. The lowest BCUT2D eigenvalue weighted by Crippen LogP contribution is -2.08. The standard InChI is InChI=1S/C18H13N3O3S2.C15H11BrN2O3S/c1-2-24-18(23)13-14(22)15-11(12(20-13)17-19-8-9-25-17)21-16(26-15)10-6-4-3-5-7-10;1-2-21-15(20)9-11(19)12-10(13(16)17-9)18-14(22-12)8-6-4-3-5-7-8/h3-9,22H,2H2,1H3;3-7,19H,2H2,1H3. The Morgan fingerprint density at radius 1 is 0.708 bits per heavy atom. The van der Waals surface area contributed by atoms with E-state index in [1.54, 1.807) is 20.0 Å². The van der Waals surface area contributed by atoms with Gasteiger partial charge in [0.15, 0.2) is 22.9 Å². The summed E-state index contributed by atoms with van der Waals surface area (Å²) in [4.78, 5) is 45.9. The van der Waals surface area contributed by atoms with Crippen LogP contribution in [0.25, 0.3) is 52.3 Å². The Morgan fingerprint density at radius 3 is 1.71 bits per heavy atom. The first kappa shape index (κ1) is 33.1. The van der Waals surface area contributed by atoms with Crippen LogP contribution in [0, 0.1) is 0 Å². The highest BCUT2D eigenvalue weighted by atomic mass is 79.9. The van der Waals surface area contributed by atoms with Crippen molar-refractivity contribution in [1.29, 1.82) is 0 Å². The molecule has 5 aromatic heterocycles. The normalized spacial score (nSPS) is 10.9. The molecule has 48 heavy (non-hydrogen) atoms. The van der Waals surface area contributed by atoms with Crippen LogP contribution in [0.1, 0.15) is 34.8 Å². The number of esters is 2. The van der Waals surface area contributed by atoms with Crippen LogP contribution < -0.4 is 0 Å². The number of benzene rings is 2. The monoisotopic (exact) mass is 761 g/mol. The van der Waals surface area contributed by atoms with Gasteiger partial charge in [-0.1, -0.05) is 60.7 Å². The van der Waals surface area contributed by atoms with Crippen molar-refractivity contribution in [3.8, 4) is 43.3 Å². The minimum atomic E-state index is -0.667. The van der Waals surface area contributed by atoms with E-state index in [2.05, 4.69) is 40.8 Å². The van der Waals surface area contributed by atoms with E-state index in [9.17, 15) is 19.8 Å². The molecule has 0 spiro atoms. The smallest absolute Gasteiger partial charge is 0.360 e. The van der Waals surface area contributed by atoms with Gasteiger partial charge >= 0.3 is 11.9 Å². The summed E-state index contributed by atoms with van der Waals surface area (Å²) in [6.45, 7) is 3.81. The van der Waals surface area contributed by atoms with Crippen molar-refractivity contribution >= 4 is 82.3 Å². The van der Waals surface area contributed by atoms with Crippen molar-refractivity contribution in [3.63, 3.8) is 0 Å². The van der Waals surface area contributed by atoms with Crippen molar-refractivity contribution in [1.82, 2.24) is 24.9 Å². The van der Waals surface area contributed by atoms with E-state index in [-0.39, 0.29) is 36.1 Å². The molecule has 0 saturated carbocycles. The zero-order valence-corrected chi connectivity index (χ0v) is 29.2. The van der Waals surface area contributed by atoms with Gasteiger partial charge in [-0.2, -0.15) is 0 Å². The molecule has 7 rings (SSSR count). The van der Waals surface area contributed by atoms with E-state index >= 15 is 0 Å². The van der Waals surface area contributed by atoms with Gasteiger partial charge in [-0.25, -0.2) is 34.5 Å². The number of hydrogen-bond donors (Lipinski definition) is 2. The maximum atomic E-state index is 12.2. The van der Waals surface area contributed by atoms with E-state index in [1.807, 2.05) is 66.0 Å². The number of carbonyl (C=O) groups excluding carboxylic acids is 2. The lowest BCUT2D eigenvalue weighted by Gasteiger charge is -2.06. The van der Waals surface area contributed by atoms with Crippen molar-refractivity contribution in [2.75, 3.05) is 13.2 Å². The molecule has 11 nitrogen and oxygen atoms in total. The zero-order chi connectivity index (χ0) is 33.8. The molecule has 0 unspecified atom stereocenters. The number of fused-ring (bicyclic) bond motifs is 2. The van der Waals surface area contributed by atoms with Crippen molar-refractivity contribution < 1.29 is 29.3 Å². The number of aromatic hydroxyl groups is 2. The minimum Gasteiger partial charge on any atom is -0.504 e. The molecule has 0 atom stereocenters. The highest BCUT2D eigenvalue weighted by Gasteiger charge is 2.26. The molecule has 7 aromatic rings. The molecule has 2 aromatic carbocycles. The SMILES string of the molecule is CCOC(=O)c1nc(-c2nccs2)c2nc(-c3ccccc3)sc2c1O.CCOC(=O)c1nc(Br)c2nc(-c3ccccc3)sc2c1O. The number of carbonyl (C=O) groups is 2. The molecule has 0 fully saturated rings. The van der Waals surface area contributed by atoms with E-state index in [1.165, 1.54) is 34.0 Å². The van der Waals surface area contributed by atoms with Gasteiger partial charge in [0, 0.05) is 22.7 Å². The maximum absolute atomic E-state index is 12.2. The highest BCUT2D eigenvalue weighted by molar-refractivity contribution is 9.10. The van der Waals surface area contributed by atoms with E-state index < -0.39 is 11.9 Å². The van der Waals surface area contributed by atoms with Gasteiger partial charge in [-0.05, 0) is 29.8 Å². The lowest BCUT2D eigenvalue weighted by atomic mass is 10.2. The summed E-state index contributed by atoms with van der Waals surface area (Å²) in [5.74, 6) is -1.73. The Hall–Kier alpha value is -4.83. The molecule has 0 aliphatic heterocycles. The van der Waals surface area contributed by atoms with Gasteiger partial charge in [0.05, 0.1) is 13.2 Å². The third-order valence-electron chi connectivity index (χ3n) is 6.60. The van der Waals surface area contributed by atoms with Crippen molar-refractivity contribution in [2.24, 2.45) is 0 Å². The minimum absolute atomic E-state index is 0.107. The molecular formula is C33H24BrN5O6S3. The largest absolute Gasteiger partial charge is 0.504 e. The Balaban J connectivity index is 0.000000170. The first-order valence-corrected chi connectivity index (χ1v) is 17.7. The fourth-order valence-electron chi connectivity index (χ4n) is 4.48. The van der Waals surface area contributed by atoms with Gasteiger partial charge in [0.25, 0.3) is 0 Å². The molecule has 0 amide bonds. The van der Waals surface area contributed by atoms with Crippen LogP contribution >= 0.6 is 49.9 Å². The summed E-state index contributed by atoms with van der Waals surface area (Å²) in [5, 5.41) is 24.9. The molecule has 2 N–H and O–H groups in total. The number of halogens is 1. The molecular weight excluding hydrogens is 738 g/mol. The van der Waals surface area contributed by atoms with Gasteiger partial charge in [0.1, 0.15) is 45.8 Å². The Kier molecular flexibility index (Phi) is 10.0. The zero-order valence-electron chi connectivity index (χ0n) is 25.2. The summed E-state index contributed by atoms with van der Waals surface area (Å²) < 4.78 is 11.3. The van der Waals surface area contributed by atoms with E-state index in [0.717, 1.165) is 21.1 Å². The average Bonchev–Trinajstić information content (AvgIpc) is 3.89. The molecule has 15 heteroatoms. The predicted octanol–water partition coefficient (Wildman–Crippen LogP) is 8.37. The van der Waals surface area contributed by atoms with Crippen LogP contribution in [-0.2, 0) is 9.47 Å². The third-order valence-corrected chi connectivity index (χ3v) is 10.2. The molecule has 5 heterocycles. The van der Waals surface area contributed by atoms with Gasteiger partial charge in [-0.3, -0.25) is 0 Å². The second-order valence-corrected chi connectivity index (χ2v) is 13.3. The summed E-state index contributed by atoms with van der Waals surface area (Å²) in [6.07, 6.45) is 1.66. The molecule has 242 valence electrons. The second-order valence-electron chi connectivity index (χ2n) is 9.66. The number of nitrogens with zero attached hydrogens (tertiary/aromatic N) is 5. The van der Waals surface area contributed by atoms with Crippen LogP contribution in [0.4, 0.5) is 0 Å². The number of hydrogen-bond acceptors (Lipinski definition) is 14. The van der Waals surface area contributed by atoms with Crippen LogP contribution in [0.15, 0.2) is 76.8 Å². The molecule has 0 aliphatic carbocycles. The molecule has 0 bridgehead atoms. The Labute approximate surface area is 293 Å². The summed E-state index contributed by atoms with van der Waals surface area (Å²) in [5.41, 5.74) is 3.15. The Bertz CT molecular complexity index is 2240. The Morgan fingerprint density at radius 2 is 1.21 bits per heavy atom. The van der Waals surface area contributed by atoms with Crippen LogP contribution in [0.5, 0.6) is 11.5 Å².